The lowest BCUT2D eigenvalue weighted by molar-refractivity contribution is -0.260. The predicted octanol–water partition coefficient (Wildman–Crippen LogP) is 5.28. The van der Waals surface area contributed by atoms with E-state index in [2.05, 4.69) is 33.8 Å². The van der Waals surface area contributed by atoms with Crippen molar-refractivity contribution in [3.05, 3.63) is 36.0 Å². The highest BCUT2D eigenvalue weighted by Crippen LogP contribution is 2.75. The van der Waals surface area contributed by atoms with Crippen LogP contribution in [0.3, 0.4) is 0 Å². The molecule has 8 heteroatoms. The molecule has 12 atom stereocenters. The Morgan fingerprint density at radius 2 is 1.41 bits per heavy atom. The van der Waals surface area contributed by atoms with Crippen LogP contribution in [0.1, 0.15) is 100 Å². The summed E-state index contributed by atoms with van der Waals surface area (Å²) in [4.78, 5) is 24.9. The first-order chi connectivity index (χ1) is 21.4. The standard InChI is InChI=1S/C38H58O8/c1-9-11-29(41)45-21-35(6)25-15-18-36(7)26(34(25,5)17-16-27(35)39)14-13-23-24-19-33(3,4)31(43)32(44)38(24,22-46-30(42)12-10-2)28(40)20-37(23,36)8/h9-13,24-28,31-32,39-40,43-44H,14-22H2,1-8H3/b11-9+,12-10+/t24?,25?,26?,27-,28+,31-,32-,34-,35+,36+,37+,38-/m0/s1. The highest BCUT2D eigenvalue weighted by atomic mass is 16.5. The SMILES string of the molecule is C/C=C/C(=O)OC[C@@]12C(CC(C)(C)[C@@H](O)[C@@H]1O)C1=CCC3[C@@]4(C)CC[C@H](O)[C@](C)(COC(=O)/C=C/C)C4CC[C@@]3(C)[C@]1(C)C[C@H]2O. The summed E-state index contributed by atoms with van der Waals surface area (Å²) in [6.45, 7) is 16.6. The van der Waals surface area contributed by atoms with E-state index in [1.54, 1.807) is 26.0 Å². The van der Waals surface area contributed by atoms with E-state index in [0.29, 0.717) is 19.3 Å². The average Bonchev–Trinajstić information content (AvgIpc) is 2.97. The maximum Gasteiger partial charge on any atom is 0.330 e. The molecule has 0 aromatic rings. The lowest BCUT2D eigenvalue weighted by atomic mass is 9.33. The molecular formula is C38H58O8. The predicted molar refractivity (Wildman–Crippen MR) is 175 cm³/mol. The largest absolute Gasteiger partial charge is 0.462 e. The molecule has 5 aliphatic rings. The van der Waals surface area contributed by atoms with E-state index < -0.39 is 52.0 Å². The van der Waals surface area contributed by atoms with E-state index in [-0.39, 0.29) is 47.8 Å². The highest BCUT2D eigenvalue weighted by molar-refractivity contribution is 5.82. The number of hydrogen-bond acceptors (Lipinski definition) is 8. The third kappa shape index (κ3) is 4.90. The van der Waals surface area contributed by atoms with E-state index >= 15 is 0 Å². The van der Waals surface area contributed by atoms with Crippen molar-refractivity contribution in [3.63, 3.8) is 0 Å². The average molecular weight is 643 g/mol. The van der Waals surface area contributed by atoms with Gasteiger partial charge in [0.25, 0.3) is 0 Å². The summed E-state index contributed by atoms with van der Waals surface area (Å²) in [5.41, 5.74) is -1.97. The number of allylic oxidation sites excluding steroid dienone is 4. The molecule has 0 radical (unpaired) electrons. The van der Waals surface area contributed by atoms with Crippen molar-refractivity contribution >= 4 is 11.9 Å². The first-order valence-electron chi connectivity index (χ1n) is 17.4. The van der Waals surface area contributed by atoms with Gasteiger partial charge in [-0.05, 0) is 98.2 Å². The molecule has 0 aromatic carbocycles. The summed E-state index contributed by atoms with van der Waals surface area (Å²) in [6.07, 6.45) is 9.43. The molecule has 5 rings (SSSR count). The zero-order valence-corrected chi connectivity index (χ0v) is 29.2. The lowest BCUT2D eigenvalue weighted by Crippen LogP contribution is -2.72. The fourth-order valence-electron chi connectivity index (χ4n) is 11.7. The van der Waals surface area contributed by atoms with E-state index in [9.17, 15) is 30.0 Å². The van der Waals surface area contributed by atoms with Gasteiger partial charge in [-0.3, -0.25) is 0 Å². The summed E-state index contributed by atoms with van der Waals surface area (Å²) in [5.74, 6) is -0.813. The van der Waals surface area contributed by atoms with Crippen LogP contribution in [0.15, 0.2) is 36.0 Å². The molecule has 8 nitrogen and oxygen atoms in total. The molecule has 0 aliphatic heterocycles. The van der Waals surface area contributed by atoms with Gasteiger partial charge in [0.05, 0.1) is 36.4 Å². The minimum Gasteiger partial charge on any atom is -0.462 e. The first kappa shape index (κ1) is 35.3. The number of carbonyl (C=O) groups excluding carboxylic acids is 2. The van der Waals surface area contributed by atoms with E-state index in [1.165, 1.54) is 17.7 Å². The molecule has 46 heavy (non-hydrogen) atoms. The van der Waals surface area contributed by atoms with Crippen molar-refractivity contribution in [2.45, 2.75) is 125 Å². The quantitative estimate of drug-likeness (QED) is 0.175. The molecule has 4 saturated carbocycles. The molecule has 0 bridgehead atoms. The summed E-state index contributed by atoms with van der Waals surface area (Å²) in [5, 5.41) is 46.8. The second-order valence-corrected chi connectivity index (χ2v) is 17.0. The van der Waals surface area contributed by atoms with Crippen molar-refractivity contribution in [1.82, 2.24) is 0 Å². The number of esters is 2. The minimum absolute atomic E-state index is 0.137. The van der Waals surface area contributed by atoms with Crippen molar-refractivity contribution < 1.29 is 39.5 Å². The smallest absolute Gasteiger partial charge is 0.330 e. The third-order valence-corrected chi connectivity index (χ3v) is 14.5. The monoisotopic (exact) mass is 642 g/mol. The molecule has 4 N–H and O–H groups in total. The van der Waals surface area contributed by atoms with Gasteiger partial charge in [-0.15, -0.1) is 0 Å². The van der Waals surface area contributed by atoms with Crippen LogP contribution in [0.4, 0.5) is 0 Å². The second-order valence-electron chi connectivity index (χ2n) is 17.0. The van der Waals surface area contributed by atoms with Crippen molar-refractivity contribution in [1.29, 1.82) is 0 Å². The number of fused-ring (bicyclic) bond motifs is 7. The molecule has 0 aromatic heterocycles. The number of rotatable bonds is 6. The van der Waals surface area contributed by atoms with Gasteiger partial charge in [-0.25, -0.2) is 9.59 Å². The van der Waals surface area contributed by atoms with Gasteiger partial charge in [0.2, 0.25) is 0 Å². The Labute approximate surface area is 275 Å². The normalized spacial score (nSPS) is 48.1. The van der Waals surface area contributed by atoms with Crippen molar-refractivity contribution in [2.24, 2.45) is 50.2 Å². The van der Waals surface area contributed by atoms with Gasteiger partial charge in [-0.1, -0.05) is 65.3 Å². The highest BCUT2D eigenvalue weighted by Gasteiger charge is 2.72. The molecule has 5 aliphatic carbocycles. The van der Waals surface area contributed by atoms with Crippen LogP contribution in [-0.4, -0.2) is 70.0 Å². The van der Waals surface area contributed by atoms with Gasteiger partial charge in [-0.2, -0.15) is 0 Å². The fourth-order valence-corrected chi connectivity index (χ4v) is 11.7. The topological polar surface area (TPSA) is 134 Å². The number of aliphatic hydroxyl groups excluding tert-OH is 4. The Hall–Kier alpha value is -2.00. The summed E-state index contributed by atoms with van der Waals surface area (Å²) >= 11 is 0. The van der Waals surface area contributed by atoms with Gasteiger partial charge >= 0.3 is 11.9 Å². The van der Waals surface area contributed by atoms with Gasteiger partial charge < -0.3 is 29.9 Å². The Kier molecular flexibility index (Phi) is 9.10. The molecule has 0 spiro atoms. The molecule has 4 fully saturated rings. The van der Waals surface area contributed by atoms with Gasteiger partial charge in [0.15, 0.2) is 0 Å². The Bertz CT molecular complexity index is 1300. The van der Waals surface area contributed by atoms with E-state index in [0.717, 1.165) is 25.7 Å². The zero-order chi connectivity index (χ0) is 34.1. The second kappa shape index (κ2) is 11.9. The van der Waals surface area contributed by atoms with Crippen LogP contribution in [0, 0.1) is 50.2 Å². The summed E-state index contributed by atoms with van der Waals surface area (Å²) in [7, 11) is 0. The number of hydrogen-bond donors (Lipinski definition) is 4. The van der Waals surface area contributed by atoms with Crippen LogP contribution >= 0.6 is 0 Å². The van der Waals surface area contributed by atoms with Crippen LogP contribution in [0.5, 0.6) is 0 Å². The van der Waals surface area contributed by atoms with Gasteiger partial charge in [0.1, 0.15) is 6.61 Å². The zero-order valence-electron chi connectivity index (χ0n) is 29.2. The number of carbonyl (C=O) groups is 2. The lowest BCUT2D eigenvalue weighted by Gasteiger charge is -2.72. The molecule has 0 heterocycles. The minimum atomic E-state index is -1.27. The Morgan fingerprint density at radius 1 is 0.804 bits per heavy atom. The van der Waals surface area contributed by atoms with E-state index in [4.69, 9.17) is 9.47 Å². The van der Waals surface area contributed by atoms with Gasteiger partial charge in [0, 0.05) is 17.6 Å². The Balaban J connectivity index is 1.56. The molecule has 258 valence electrons. The molecule has 3 unspecified atom stereocenters. The summed E-state index contributed by atoms with van der Waals surface area (Å²) < 4.78 is 11.4. The molecule has 0 saturated heterocycles. The van der Waals surface area contributed by atoms with E-state index in [1.807, 2.05) is 13.8 Å². The fraction of sp³-hybridized carbons (Fsp3) is 0.789. The van der Waals surface area contributed by atoms with Crippen LogP contribution in [-0.2, 0) is 19.1 Å². The Morgan fingerprint density at radius 3 is 2.02 bits per heavy atom. The number of ether oxygens (including phenoxy) is 2. The third-order valence-electron chi connectivity index (χ3n) is 14.5. The molecule has 0 amide bonds. The summed E-state index contributed by atoms with van der Waals surface area (Å²) in [6, 6.07) is 0. The first-order valence-corrected chi connectivity index (χ1v) is 17.4. The van der Waals surface area contributed by atoms with Crippen molar-refractivity contribution in [3.8, 4) is 0 Å². The van der Waals surface area contributed by atoms with Crippen LogP contribution in [0.2, 0.25) is 0 Å². The van der Waals surface area contributed by atoms with Crippen LogP contribution < -0.4 is 0 Å². The number of aliphatic hydroxyl groups is 4. The van der Waals surface area contributed by atoms with Crippen molar-refractivity contribution in [2.75, 3.05) is 13.2 Å². The maximum atomic E-state index is 12.5. The van der Waals surface area contributed by atoms with Crippen LogP contribution in [0.25, 0.3) is 0 Å². The maximum absolute atomic E-state index is 12.5. The molecular weight excluding hydrogens is 584 g/mol.